The van der Waals surface area contributed by atoms with E-state index in [-0.39, 0.29) is 0 Å². The van der Waals surface area contributed by atoms with Crippen LogP contribution < -0.4 is 5.32 Å². The van der Waals surface area contributed by atoms with Gasteiger partial charge in [0.2, 0.25) is 0 Å². The number of morpholine rings is 1. The minimum Gasteiger partial charge on any atom is -0.379 e. The van der Waals surface area contributed by atoms with Crippen molar-refractivity contribution in [2.45, 2.75) is 52.1 Å². The molecule has 2 unspecified atom stereocenters. The highest BCUT2D eigenvalue weighted by Crippen LogP contribution is 2.37. The molecule has 2 fully saturated rings. The first-order valence-corrected chi connectivity index (χ1v) is 7.11. The highest BCUT2D eigenvalue weighted by atomic mass is 16.5. The fraction of sp³-hybridized carbons (Fsp3) is 1.00. The molecule has 0 aromatic heterocycles. The van der Waals surface area contributed by atoms with Gasteiger partial charge >= 0.3 is 0 Å². The molecule has 2 aliphatic rings. The third-order valence-corrected chi connectivity index (χ3v) is 4.12. The molecular weight excluding hydrogens is 212 g/mol. The molecule has 0 amide bonds. The molecule has 1 saturated heterocycles. The van der Waals surface area contributed by atoms with Gasteiger partial charge in [0.05, 0.1) is 13.2 Å². The van der Waals surface area contributed by atoms with E-state index >= 15 is 0 Å². The minimum atomic E-state index is 0.552. The summed E-state index contributed by atoms with van der Waals surface area (Å²) in [4.78, 5) is 2.52. The Bertz CT molecular complexity index is 236. The highest BCUT2D eigenvalue weighted by molar-refractivity contribution is 4.88. The van der Waals surface area contributed by atoms with Gasteiger partial charge < -0.3 is 10.1 Å². The fourth-order valence-electron chi connectivity index (χ4n) is 3.20. The Morgan fingerprint density at radius 3 is 2.65 bits per heavy atom. The molecule has 100 valence electrons. The van der Waals surface area contributed by atoms with E-state index in [1.165, 1.54) is 25.8 Å². The summed E-state index contributed by atoms with van der Waals surface area (Å²) in [5, 5.41) is 3.80. The molecule has 1 heterocycles. The van der Waals surface area contributed by atoms with E-state index in [0.717, 1.165) is 32.3 Å². The van der Waals surface area contributed by atoms with Gasteiger partial charge in [-0.15, -0.1) is 0 Å². The Morgan fingerprint density at radius 2 is 2.06 bits per heavy atom. The molecule has 1 saturated carbocycles. The number of ether oxygens (including phenoxy) is 1. The molecule has 0 aromatic rings. The first-order valence-electron chi connectivity index (χ1n) is 7.11. The van der Waals surface area contributed by atoms with Crippen molar-refractivity contribution in [3.63, 3.8) is 0 Å². The molecule has 3 nitrogen and oxygen atoms in total. The van der Waals surface area contributed by atoms with Crippen LogP contribution in [-0.2, 0) is 4.74 Å². The van der Waals surface area contributed by atoms with Crippen molar-refractivity contribution in [2.75, 3.05) is 32.8 Å². The molecule has 1 aliphatic heterocycles. The molecule has 0 radical (unpaired) electrons. The third kappa shape index (κ3) is 4.23. The number of rotatable bonds is 4. The quantitative estimate of drug-likeness (QED) is 0.812. The van der Waals surface area contributed by atoms with Crippen molar-refractivity contribution >= 4 is 0 Å². The van der Waals surface area contributed by atoms with Gasteiger partial charge in [-0.25, -0.2) is 0 Å². The van der Waals surface area contributed by atoms with Crippen molar-refractivity contribution in [2.24, 2.45) is 5.41 Å². The molecule has 2 atom stereocenters. The van der Waals surface area contributed by atoms with E-state index in [4.69, 9.17) is 4.74 Å². The van der Waals surface area contributed by atoms with Gasteiger partial charge in [-0.05, 0) is 31.6 Å². The minimum absolute atomic E-state index is 0.552. The maximum Gasteiger partial charge on any atom is 0.0594 e. The van der Waals surface area contributed by atoms with Gasteiger partial charge in [0, 0.05) is 31.7 Å². The Kier molecular flexibility index (Phi) is 4.45. The monoisotopic (exact) mass is 240 g/mol. The topological polar surface area (TPSA) is 24.5 Å². The van der Waals surface area contributed by atoms with Gasteiger partial charge in [-0.1, -0.05) is 13.8 Å². The van der Waals surface area contributed by atoms with Gasteiger partial charge in [0.25, 0.3) is 0 Å². The second-order valence-electron chi connectivity index (χ2n) is 6.58. The van der Waals surface area contributed by atoms with E-state index in [9.17, 15) is 0 Å². The molecular formula is C14H28N2O. The zero-order valence-corrected chi connectivity index (χ0v) is 11.7. The number of hydrogen-bond donors (Lipinski definition) is 1. The summed E-state index contributed by atoms with van der Waals surface area (Å²) in [6, 6.07) is 1.34. The summed E-state index contributed by atoms with van der Waals surface area (Å²) in [7, 11) is 0. The lowest BCUT2D eigenvalue weighted by molar-refractivity contribution is 0.0338. The van der Waals surface area contributed by atoms with Crippen LogP contribution in [0.4, 0.5) is 0 Å². The summed E-state index contributed by atoms with van der Waals surface area (Å²) >= 11 is 0. The highest BCUT2D eigenvalue weighted by Gasteiger charge is 2.31. The van der Waals surface area contributed by atoms with E-state index in [1.54, 1.807) is 0 Å². The van der Waals surface area contributed by atoms with Crippen molar-refractivity contribution < 1.29 is 4.74 Å². The Morgan fingerprint density at radius 1 is 1.35 bits per heavy atom. The maximum atomic E-state index is 5.38. The van der Waals surface area contributed by atoms with Crippen LogP contribution >= 0.6 is 0 Å². The Balaban J connectivity index is 1.68. The molecule has 1 aliphatic carbocycles. The molecule has 0 spiro atoms. The zero-order chi connectivity index (χ0) is 12.3. The normalized spacial score (nSPS) is 31.6. The molecule has 17 heavy (non-hydrogen) atoms. The van der Waals surface area contributed by atoms with Crippen LogP contribution in [0.15, 0.2) is 0 Å². The van der Waals surface area contributed by atoms with Crippen LogP contribution in [0.1, 0.15) is 40.0 Å². The van der Waals surface area contributed by atoms with Gasteiger partial charge in [-0.2, -0.15) is 0 Å². The van der Waals surface area contributed by atoms with E-state index < -0.39 is 0 Å². The number of nitrogens with zero attached hydrogens (tertiary/aromatic N) is 1. The van der Waals surface area contributed by atoms with Gasteiger partial charge in [0.15, 0.2) is 0 Å². The lowest BCUT2D eigenvalue weighted by Crippen LogP contribution is -2.46. The Labute approximate surface area is 106 Å². The summed E-state index contributed by atoms with van der Waals surface area (Å²) in [6.45, 7) is 12.3. The van der Waals surface area contributed by atoms with E-state index in [1.807, 2.05) is 0 Å². The zero-order valence-electron chi connectivity index (χ0n) is 11.7. The smallest absolute Gasteiger partial charge is 0.0594 e. The summed E-state index contributed by atoms with van der Waals surface area (Å²) in [6.07, 6.45) is 4.05. The lowest BCUT2D eigenvalue weighted by atomic mass is 9.92. The summed E-state index contributed by atoms with van der Waals surface area (Å²) in [5.74, 6) is 0. The van der Waals surface area contributed by atoms with Crippen LogP contribution in [0.25, 0.3) is 0 Å². The van der Waals surface area contributed by atoms with Crippen molar-refractivity contribution in [1.82, 2.24) is 10.2 Å². The summed E-state index contributed by atoms with van der Waals surface area (Å²) < 4.78 is 5.38. The second kappa shape index (κ2) is 5.68. The first kappa shape index (κ1) is 13.3. The second-order valence-corrected chi connectivity index (χ2v) is 6.58. The van der Waals surface area contributed by atoms with E-state index in [2.05, 4.69) is 31.0 Å². The van der Waals surface area contributed by atoms with Crippen LogP contribution in [0.3, 0.4) is 0 Å². The van der Waals surface area contributed by atoms with Crippen molar-refractivity contribution in [3.05, 3.63) is 0 Å². The molecule has 2 rings (SSSR count). The van der Waals surface area contributed by atoms with E-state index in [0.29, 0.717) is 11.5 Å². The third-order valence-electron chi connectivity index (χ3n) is 4.12. The lowest BCUT2D eigenvalue weighted by Gasteiger charge is -2.30. The van der Waals surface area contributed by atoms with Crippen molar-refractivity contribution in [3.8, 4) is 0 Å². The van der Waals surface area contributed by atoms with Crippen LogP contribution in [0.5, 0.6) is 0 Å². The standard InChI is InChI=1S/C14H28N2O/c1-12(11-16-6-8-17-9-7-16)15-13-4-5-14(2,3)10-13/h12-13,15H,4-11H2,1-3H3. The first-order chi connectivity index (χ1) is 8.05. The van der Waals surface area contributed by atoms with Crippen molar-refractivity contribution in [1.29, 1.82) is 0 Å². The predicted molar refractivity (Wildman–Crippen MR) is 71.3 cm³/mol. The van der Waals surface area contributed by atoms with Gasteiger partial charge in [-0.3, -0.25) is 4.90 Å². The average Bonchev–Trinajstić information content (AvgIpc) is 2.59. The predicted octanol–water partition coefficient (Wildman–Crippen LogP) is 1.88. The number of nitrogens with one attached hydrogen (secondary N) is 1. The maximum absolute atomic E-state index is 5.38. The number of hydrogen-bond acceptors (Lipinski definition) is 3. The fourth-order valence-corrected chi connectivity index (χ4v) is 3.20. The van der Waals surface area contributed by atoms with Gasteiger partial charge in [0.1, 0.15) is 0 Å². The SMILES string of the molecule is CC(CN1CCOCC1)NC1CCC(C)(C)C1. The van der Waals surface area contributed by atoms with Crippen LogP contribution in [0.2, 0.25) is 0 Å². The summed E-state index contributed by atoms with van der Waals surface area (Å²) in [5.41, 5.74) is 0.552. The van der Waals surface area contributed by atoms with Crippen LogP contribution in [-0.4, -0.2) is 49.8 Å². The molecule has 3 heteroatoms. The van der Waals surface area contributed by atoms with Crippen LogP contribution in [0, 0.1) is 5.41 Å². The Hall–Kier alpha value is -0.120. The average molecular weight is 240 g/mol. The molecule has 0 aromatic carbocycles. The molecule has 0 bridgehead atoms. The largest absolute Gasteiger partial charge is 0.379 e. The molecule has 1 N–H and O–H groups in total.